The van der Waals surface area contributed by atoms with E-state index in [-0.39, 0.29) is 17.8 Å². The predicted molar refractivity (Wildman–Crippen MR) is 82.9 cm³/mol. The summed E-state index contributed by atoms with van der Waals surface area (Å²) in [5.74, 6) is 0.0593. The van der Waals surface area contributed by atoms with Gasteiger partial charge in [0.05, 0.1) is 0 Å². The van der Waals surface area contributed by atoms with Crippen LogP contribution in [0.15, 0.2) is 0 Å². The quantitative estimate of drug-likeness (QED) is 0.674. The van der Waals surface area contributed by atoms with Crippen molar-refractivity contribution in [3.05, 3.63) is 0 Å². The normalized spacial score (nSPS) is 19.4. The summed E-state index contributed by atoms with van der Waals surface area (Å²) >= 11 is 0. The standard InChI is InChI=1S/C16H29NO5/c1-16(2,3)22-15(19)17-8-6-14(18)13(12-17)7-11-21-10-5-9-20-4/h13H,5-12H2,1-4H3. The molecule has 128 valence electrons. The number of methoxy groups -OCH3 is 1. The highest BCUT2D eigenvalue weighted by Crippen LogP contribution is 2.19. The van der Waals surface area contributed by atoms with Crippen molar-refractivity contribution < 1.29 is 23.8 Å². The lowest BCUT2D eigenvalue weighted by atomic mass is 9.94. The molecule has 1 heterocycles. The van der Waals surface area contributed by atoms with Crippen LogP contribution >= 0.6 is 0 Å². The van der Waals surface area contributed by atoms with E-state index in [0.29, 0.717) is 45.8 Å². The number of carbonyl (C=O) groups is 2. The van der Waals surface area contributed by atoms with E-state index in [1.54, 1.807) is 12.0 Å². The molecule has 0 aromatic rings. The molecule has 1 saturated heterocycles. The number of amides is 1. The van der Waals surface area contributed by atoms with E-state index < -0.39 is 5.60 Å². The van der Waals surface area contributed by atoms with E-state index >= 15 is 0 Å². The summed E-state index contributed by atoms with van der Waals surface area (Å²) in [6.45, 7) is 8.22. The molecule has 0 N–H and O–H groups in total. The van der Waals surface area contributed by atoms with Crippen LogP contribution in [-0.4, -0.2) is 62.4 Å². The molecule has 0 spiro atoms. The van der Waals surface area contributed by atoms with Crippen LogP contribution in [0.1, 0.15) is 40.0 Å². The lowest BCUT2D eigenvalue weighted by Gasteiger charge is -2.33. The minimum atomic E-state index is -0.515. The average molecular weight is 315 g/mol. The molecule has 0 aromatic heterocycles. The molecule has 1 fully saturated rings. The number of ether oxygens (including phenoxy) is 3. The van der Waals surface area contributed by atoms with Crippen LogP contribution in [-0.2, 0) is 19.0 Å². The Morgan fingerprint density at radius 2 is 2.00 bits per heavy atom. The highest BCUT2D eigenvalue weighted by molar-refractivity contribution is 5.84. The summed E-state index contributed by atoms with van der Waals surface area (Å²) in [6.07, 6.45) is 1.55. The van der Waals surface area contributed by atoms with E-state index in [2.05, 4.69) is 0 Å². The summed E-state index contributed by atoms with van der Waals surface area (Å²) in [6, 6.07) is 0. The summed E-state index contributed by atoms with van der Waals surface area (Å²) in [7, 11) is 1.66. The second kappa shape index (κ2) is 9.10. The first-order chi connectivity index (χ1) is 10.3. The van der Waals surface area contributed by atoms with Crippen molar-refractivity contribution in [3.63, 3.8) is 0 Å². The van der Waals surface area contributed by atoms with Gasteiger partial charge in [-0.3, -0.25) is 4.79 Å². The first-order valence-corrected chi connectivity index (χ1v) is 7.91. The van der Waals surface area contributed by atoms with E-state index in [4.69, 9.17) is 14.2 Å². The van der Waals surface area contributed by atoms with Gasteiger partial charge in [-0.05, 0) is 33.6 Å². The van der Waals surface area contributed by atoms with Gasteiger partial charge in [-0.15, -0.1) is 0 Å². The number of nitrogens with zero attached hydrogens (tertiary/aromatic N) is 1. The van der Waals surface area contributed by atoms with Gasteiger partial charge < -0.3 is 19.1 Å². The van der Waals surface area contributed by atoms with Gasteiger partial charge in [0.25, 0.3) is 0 Å². The maximum absolute atomic E-state index is 12.1. The van der Waals surface area contributed by atoms with Crippen LogP contribution in [0, 0.1) is 5.92 Å². The molecule has 6 heteroatoms. The Bertz CT molecular complexity index is 364. The molecule has 22 heavy (non-hydrogen) atoms. The van der Waals surface area contributed by atoms with Gasteiger partial charge in [0.2, 0.25) is 0 Å². The van der Waals surface area contributed by atoms with Crippen molar-refractivity contribution in [2.45, 2.75) is 45.6 Å². The first-order valence-electron chi connectivity index (χ1n) is 7.91. The van der Waals surface area contributed by atoms with Crippen LogP contribution in [0.3, 0.4) is 0 Å². The minimum absolute atomic E-state index is 0.149. The lowest BCUT2D eigenvalue weighted by Crippen LogP contribution is -2.46. The Morgan fingerprint density at radius 1 is 1.27 bits per heavy atom. The zero-order chi connectivity index (χ0) is 16.6. The summed E-state index contributed by atoms with van der Waals surface area (Å²) in [5, 5.41) is 0. The number of rotatable bonds is 7. The molecule has 0 bridgehead atoms. The summed E-state index contributed by atoms with van der Waals surface area (Å²) in [4.78, 5) is 25.6. The molecule has 0 aromatic carbocycles. The zero-order valence-electron chi connectivity index (χ0n) is 14.2. The van der Waals surface area contributed by atoms with Gasteiger partial charge in [0, 0.05) is 52.4 Å². The molecule has 1 aliphatic heterocycles. The minimum Gasteiger partial charge on any atom is -0.444 e. The molecule has 1 atom stereocenters. The second-order valence-electron chi connectivity index (χ2n) is 6.59. The second-order valence-corrected chi connectivity index (χ2v) is 6.59. The number of carbonyl (C=O) groups excluding carboxylic acids is 2. The third kappa shape index (κ3) is 7.22. The van der Waals surface area contributed by atoms with Crippen molar-refractivity contribution in [3.8, 4) is 0 Å². The maximum Gasteiger partial charge on any atom is 0.410 e. The van der Waals surface area contributed by atoms with Crippen LogP contribution < -0.4 is 0 Å². The number of hydrogen-bond donors (Lipinski definition) is 0. The van der Waals surface area contributed by atoms with Crippen molar-refractivity contribution in [2.24, 2.45) is 5.92 Å². The third-order valence-electron chi connectivity index (χ3n) is 3.42. The molecule has 0 aliphatic carbocycles. The molecular weight excluding hydrogens is 286 g/mol. The van der Waals surface area contributed by atoms with Gasteiger partial charge in [-0.1, -0.05) is 0 Å². The average Bonchev–Trinajstić information content (AvgIpc) is 2.42. The number of ketones is 1. The first kappa shape index (κ1) is 18.9. The molecule has 1 unspecified atom stereocenters. The van der Waals surface area contributed by atoms with Crippen molar-refractivity contribution in [2.75, 3.05) is 40.0 Å². The molecule has 1 aliphatic rings. The van der Waals surface area contributed by atoms with Crippen LogP contribution in [0.4, 0.5) is 4.79 Å². The molecule has 1 amide bonds. The Morgan fingerprint density at radius 3 is 2.64 bits per heavy atom. The van der Waals surface area contributed by atoms with Crippen LogP contribution in [0.25, 0.3) is 0 Å². The fourth-order valence-electron chi connectivity index (χ4n) is 2.29. The fraction of sp³-hybridized carbons (Fsp3) is 0.875. The largest absolute Gasteiger partial charge is 0.444 e. The van der Waals surface area contributed by atoms with Gasteiger partial charge in [-0.2, -0.15) is 0 Å². The Balaban J connectivity index is 2.34. The van der Waals surface area contributed by atoms with E-state index in [0.717, 1.165) is 6.42 Å². The molecule has 0 saturated carbocycles. The van der Waals surface area contributed by atoms with Gasteiger partial charge in [0.15, 0.2) is 0 Å². The lowest BCUT2D eigenvalue weighted by molar-refractivity contribution is -0.126. The molecular formula is C16H29NO5. The van der Waals surface area contributed by atoms with Gasteiger partial charge >= 0.3 is 6.09 Å². The molecule has 1 rings (SSSR count). The molecule has 6 nitrogen and oxygen atoms in total. The Hall–Kier alpha value is -1.14. The van der Waals surface area contributed by atoms with E-state index in [1.165, 1.54) is 0 Å². The fourth-order valence-corrected chi connectivity index (χ4v) is 2.29. The van der Waals surface area contributed by atoms with E-state index in [9.17, 15) is 9.59 Å². The van der Waals surface area contributed by atoms with Crippen molar-refractivity contribution in [1.29, 1.82) is 0 Å². The maximum atomic E-state index is 12.1. The number of Topliss-reactive ketones (excluding diaryl/α,β-unsaturated/α-hetero) is 1. The summed E-state index contributed by atoms with van der Waals surface area (Å²) in [5.41, 5.74) is -0.515. The monoisotopic (exact) mass is 315 g/mol. The number of likely N-dealkylation sites (tertiary alicyclic amines) is 1. The van der Waals surface area contributed by atoms with Crippen LogP contribution in [0.2, 0.25) is 0 Å². The third-order valence-corrected chi connectivity index (χ3v) is 3.42. The van der Waals surface area contributed by atoms with Crippen molar-refractivity contribution >= 4 is 11.9 Å². The summed E-state index contributed by atoms with van der Waals surface area (Å²) < 4.78 is 15.8. The highest BCUT2D eigenvalue weighted by atomic mass is 16.6. The van der Waals surface area contributed by atoms with Crippen molar-refractivity contribution in [1.82, 2.24) is 4.90 Å². The van der Waals surface area contributed by atoms with Gasteiger partial charge in [0.1, 0.15) is 11.4 Å². The van der Waals surface area contributed by atoms with Crippen LogP contribution in [0.5, 0.6) is 0 Å². The molecule has 0 radical (unpaired) electrons. The SMILES string of the molecule is COCCCOCCC1CN(C(=O)OC(C)(C)C)CCC1=O. The topological polar surface area (TPSA) is 65.1 Å². The van der Waals surface area contributed by atoms with E-state index in [1.807, 2.05) is 20.8 Å². The highest BCUT2D eigenvalue weighted by Gasteiger charge is 2.31. The predicted octanol–water partition coefficient (Wildman–Crippen LogP) is 2.26. The Labute approximate surface area is 133 Å². The van der Waals surface area contributed by atoms with Gasteiger partial charge in [-0.25, -0.2) is 4.79 Å². The Kier molecular flexibility index (Phi) is 7.82. The zero-order valence-corrected chi connectivity index (χ0v) is 14.2. The number of piperidine rings is 1. The number of hydrogen-bond acceptors (Lipinski definition) is 5. The smallest absolute Gasteiger partial charge is 0.410 e.